The Balaban J connectivity index is 2.49. The molecule has 0 aliphatic rings. The SMILES string of the molecule is CCC(C)(C)OC(=O)C(=O)CC(=O)N(Cc1ccc(Cl)c(Cl)c1)c1cc(C#N)cc(C(=O)N(C)C)c1. The molecule has 8 nitrogen and oxygen atoms in total. The molecular weight excluding hydrogens is 505 g/mol. The highest BCUT2D eigenvalue weighted by molar-refractivity contribution is 6.42. The minimum atomic E-state index is -1.11. The van der Waals surface area contributed by atoms with Gasteiger partial charge >= 0.3 is 5.97 Å². The van der Waals surface area contributed by atoms with Crippen molar-refractivity contribution in [3.8, 4) is 6.07 Å². The second kappa shape index (κ2) is 12.0. The third-order valence-corrected chi connectivity index (χ3v) is 6.14. The molecule has 190 valence electrons. The van der Waals surface area contributed by atoms with Crippen molar-refractivity contribution in [2.24, 2.45) is 0 Å². The Morgan fingerprint density at radius 3 is 2.25 bits per heavy atom. The molecule has 2 aromatic rings. The fourth-order valence-corrected chi connectivity index (χ4v) is 3.36. The van der Waals surface area contributed by atoms with Crippen LogP contribution in [0.1, 0.15) is 55.1 Å². The van der Waals surface area contributed by atoms with Crippen molar-refractivity contribution >= 4 is 52.5 Å². The summed E-state index contributed by atoms with van der Waals surface area (Å²) in [6.07, 6.45) is -0.291. The number of nitriles is 1. The summed E-state index contributed by atoms with van der Waals surface area (Å²) in [5.41, 5.74) is 0.225. The maximum absolute atomic E-state index is 13.3. The third-order valence-electron chi connectivity index (χ3n) is 5.40. The lowest BCUT2D eigenvalue weighted by Crippen LogP contribution is -2.36. The standard InChI is InChI=1S/C26H27Cl2N3O5/c1-6-26(2,3)36-25(35)22(32)13-23(33)31(15-16-7-8-20(27)21(28)11-16)19-10-17(14-29)9-18(12-19)24(34)30(4)5/h7-12H,6,13,15H2,1-5H3. The monoisotopic (exact) mass is 531 g/mol. The Bertz CT molecular complexity index is 1230. The highest BCUT2D eigenvalue weighted by Gasteiger charge is 2.29. The van der Waals surface area contributed by atoms with E-state index in [9.17, 15) is 24.4 Å². The number of anilines is 1. The molecule has 2 amide bonds. The van der Waals surface area contributed by atoms with Crippen LogP contribution in [0.15, 0.2) is 36.4 Å². The van der Waals surface area contributed by atoms with Crippen molar-refractivity contribution in [2.75, 3.05) is 19.0 Å². The largest absolute Gasteiger partial charge is 0.454 e. The van der Waals surface area contributed by atoms with E-state index in [0.717, 1.165) is 0 Å². The van der Waals surface area contributed by atoms with Gasteiger partial charge in [0.15, 0.2) is 0 Å². The van der Waals surface area contributed by atoms with E-state index in [0.29, 0.717) is 17.0 Å². The van der Waals surface area contributed by atoms with Crippen molar-refractivity contribution in [3.63, 3.8) is 0 Å². The fourth-order valence-electron chi connectivity index (χ4n) is 3.04. The zero-order valence-electron chi connectivity index (χ0n) is 20.7. The van der Waals surface area contributed by atoms with Crippen LogP contribution in [0.4, 0.5) is 5.69 Å². The van der Waals surface area contributed by atoms with Crippen molar-refractivity contribution in [1.29, 1.82) is 5.26 Å². The molecule has 0 radical (unpaired) electrons. The normalized spacial score (nSPS) is 10.8. The Kier molecular flexibility index (Phi) is 9.62. The predicted octanol–water partition coefficient (Wildman–Crippen LogP) is 4.79. The summed E-state index contributed by atoms with van der Waals surface area (Å²) >= 11 is 12.1. The van der Waals surface area contributed by atoms with Gasteiger partial charge in [0.2, 0.25) is 11.7 Å². The van der Waals surface area contributed by atoms with Gasteiger partial charge in [0.05, 0.1) is 34.6 Å². The second-order valence-electron chi connectivity index (χ2n) is 8.91. The topological polar surface area (TPSA) is 108 Å². The molecule has 0 unspecified atom stereocenters. The zero-order valence-corrected chi connectivity index (χ0v) is 22.2. The van der Waals surface area contributed by atoms with Gasteiger partial charge in [0, 0.05) is 25.3 Å². The van der Waals surface area contributed by atoms with Crippen LogP contribution in [-0.4, -0.2) is 48.2 Å². The van der Waals surface area contributed by atoms with E-state index in [4.69, 9.17) is 27.9 Å². The number of rotatable bonds is 9. The van der Waals surface area contributed by atoms with Crippen LogP contribution in [0.2, 0.25) is 10.0 Å². The lowest BCUT2D eigenvalue weighted by Gasteiger charge is -2.25. The van der Waals surface area contributed by atoms with Crippen LogP contribution in [0.3, 0.4) is 0 Å². The smallest absolute Gasteiger partial charge is 0.375 e. The van der Waals surface area contributed by atoms with Crippen LogP contribution < -0.4 is 4.90 Å². The number of ether oxygens (including phenoxy) is 1. The maximum atomic E-state index is 13.3. The molecule has 2 aromatic carbocycles. The van der Waals surface area contributed by atoms with E-state index in [1.807, 2.05) is 6.07 Å². The zero-order chi connectivity index (χ0) is 27.2. The number of ketones is 1. The quantitative estimate of drug-likeness (QED) is 0.261. The molecule has 0 spiro atoms. The predicted molar refractivity (Wildman–Crippen MR) is 137 cm³/mol. The van der Waals surface area contributed by atoms with Crippen LogP contribution >= 0.6 is 23.2 Å². The van der Waals surface area contributed by atoms with Crippen LogP contribution in [0.25, 0.3) is 0 Å². The number of amides is 2. The van der Waals surface area contributed by atoms with Gasteiger partial charge in [0.25, 0.3) is 5.91 Å². The van der Waals surface area contributed by atoms with Gasteiger partial charge in [-0.3, -0.25) is 14.4 Å². The van der Waals surface area contributed by atoms with Crippen molar-refractivity contribution in [3.05, 3.63) is 63.1 Å². The number of esters is 1. The summed E-state index contributed by atoms with van der Waals surface area (Å²) in [4.78, 5) is 53.3. The van der Waals surface area contributed by atoms with Crippen molar-refractivity contribution in [2.45, 2.75) is 45.8 Å². The van der Waals surface area contributed by atoms with E-state index >= 15 is 0 Å². The van der Waals surface area contributed by atoms with Gasteiger partial charge in [0.1, 0.15) is 5.60 Å². The van der Waals surface area contributed by atoms with Crippen molar-refractivity contribution in [1.82, 2.24) is 4.90 Å². The molecule has 2 rings (SSSR count). The molecule has 0 aromatic heterocycles. The molecule has 36 heavy (non-hydrogen) atoms. The summed E-state index contributed by atoms with van der Waals surface area (Å²) in [6.45, 7) is 5.06. The van der Waals surface area contributed by atoms with Crippen LogP contribution in [0.5, 0.6) is 0 Å². The molecule has 0 saturated carbocycles. The van der Waals surface area contributed by atoms with E-state index < -0.39 is 29.7 Å². The molecule has 0 heterocycles. The number of Topliss-reactive ketones (excluding diaryl/α,β-unsaturated/α-hetero) is 1. The van der Waals surface area contributed by atoms with E-state index in [-0.39, 0.29) is 34.3 Å². The molecule has 0 bridgehead atoms. The number of carbonyl (C=O) groups is 4. The highest BCUT2D eigenvalue weighted by Crippen LogP contribution is 2.27. The number of carbonyl (C=O) groups excluding carboxylic acids is 4. The van der Waals surface area contributed by atoms with Gasteiger partial charge in [-0.2, -0.15) is 5.26 Å². The number of benzene rings is 2. The van der Waals surface area contributed by atoms with Gasteiger partial charge in [-0.25, -0.2) is 4.79 Å². The van der Waals surface area contributed by atoms with Crippen molar-refractivity contribution < 1.29 is 23.9 Å². The van der Waals surface area contributed by atoms with Gasteiger partial charge in [-0.05, 0) is 56.2 Å². The Morgan fingerprint density at radius 1 is 1.03 bits per heavy atom. The number of nitrogens with zero attached hydrogens (tertiary/aromatic N) is 3. The molecule has 0 atom stereocenters. The van der Waals surface area contributed by atoms with Crippen LogP contribution in [-0.2, 0) is 25.7 Å². The molecule has 0 aliphatic carbocycles. The average molecular weight is 532 g/mol. The van der Waals surface area contributed by atoms with E-state index in [1.54, 1.807) is 53.1 Å². The summed E-state index contributed by atoms with van der Waals surface area (Å²) < 4.78 is 5.21. The van der Waals surface area contributed by atoms with Gasteiger partial charge in [-0.1, -0.05) is 36.2 Å². The Hall–Kier alpha value is -3.41. The average Bonchev–Trinajstić information content (AvgIpc) is 2.83. The van der Waals surface area contributed by atoms with Gasteiger partial charge < -0.3 is 14.5 Å². The highest BCUT2D eigenvalue weighted by atomic mass is 35.5. The Labute approximate surface area is 220 Å². The first-order valence-corrected chi connectivity index (χ1v) is 11.8. The molecule has 10 heteroatoms. The number of hydrogen-bond donors (Lipinski definition) is 0. The minimum Gasteiger partial charge on any atom is -0.454 e. The second-order valence-corrected chi connectivity index (χ2v) is 9.73. The van der Waals surface area contributed by atoms with Crippen LogP contribution in [0, 0.1) is 11.3 Å². The summed E-state index contributed by atoms with van der Waals surface area (Å²) in [6, 6.07) is 11.0. The summed E-state index contributed by atoms with van der Waals surface area (Å²) in [5, 5.41) is 10.1. The van der Waals surface area contributed by atoms with E-state index in [2.05, 4.69) is 0 Å². The maximum Gasteiger partial charge on any atom is 0.375 e. The van der Waals surface area contributed by atoms with E-state index in [1.165, 1.54) is 28.0 Å². The van der Waals surface area contributed by atoms with Gasteiger partial charge in [-0.15, -0.1) is 0 Å². The minimum absolute atomic E-state index is 0.0665. The third kappa shape index (κ3) is 7.54. The molecule has 0 fully saturated rings. The molecule has 0 N–H and O–H groups in total. The first kappa shape index (κ1) is 28.8. The summed E-state index contributed by atoms with van der Waals surface area (Å²) in [5.74, 6) is -3.23. The fraction of sp³-hybridized carbons (Fsp3) is 0.346. The first-order valence-electron chi connectivity index (χ1n) is 11.0. The lowest BCUT2D eigenvalue weighted by atomic mass is 10.1. The number of hydrogen-bond acceptors (Lipinski definition) is 6. The number of halogens is 2. The lowest BCUT2D eigenvalue weighted by molar-refractivity contribution is -0.164. The first-order chi connectivity index (χ1) is 16.8. The molecular formula is C26H27Cl2N3O5. The molecule has 0 saturated heterocycles. The molecule has 0 aliphatic heterocycles. The summed E-state index contributed by atoms with van der Waals surface area (Å²) in [7, 11) is 3.11. The Morgan fingerprint density at radius 2 is 1.69 bits per heavy atom.